The summed E-state index contributed by atoms with van der Waals surface area (Å²) >= 11 is 0. The van der Waals surface area contributed by atoms with Gasteiger partial charge in [-0.15, -0.1) is 0 Å². The molecule has 1 aliphatic heterocycles. The van der Waals surface area contributed by atoms with Gasteiger partial charge < -0.3 is 10.2 Å². The number of benzene rings is 3. The van der Waals surface area contributed by atoms with Crippen molar-refractivity contribution in [3.63, 3.8) is 0 Å². The molecule has 1 aliphatic rings. The van der Waals surface area contributed by atoms with Crippen LogP contribution >= 0.6 is 0 Å². The SMILES string of the molecule is O=C(CC1C(=O)N(c2ccccc2)C(=O)N1CCc1ccccc1)Nc1ccc(F)cc1. The molecule has 32 heavy (non-hydrogen) atoms. The number of carbonyl (C=O) groups excluding carboxylic acids is 3. The number of halogens is 1. The fraction of sp³-hybridized carbons (Fsp3) is 0.160. The van der Waals surface area contributed by atoms with Crippen LogP contribution < -0.4 is 10.2 Å². The zero-order chi connectivity index (χ0) is 22.5. The first kappa shape index (κ1) is 21.2. The maximum Gasteiger partial charge on any atom is 0.332 e. The zero-order valence-corrected chi connectivity index (χ0v) is 17.3. The summed E-state index contributed by atoms with van der Waals surface area (Å²) in [4.78, 5) is 41.6. The summed E-state index contributed by atoms with van der Waals surface area (Å²) in [5.74, 6) is -1.28. The minimum Gasteiger partial charge on any atom is -0.326 e. The summed E-state index contributed by atoms with van der Waals surface area (Å²) in [6, 6.07) is 22.3. The highest BCUT2D eigenvalue weighted by Gasteiger charge is 2.46. The fourth-order valence-electron chi connectivity index (χ4n) is 3.72. The van der Waals surface area contributed by atoms with Crippen molar-refractivity contribution in [2.24, 2.45) is 0 Å². The van der Waals surface area contributed by atoms with Crippen molar-refractivity contribution in [2.45, 2.75) is 18.9 Å². The summed E-state index contributed by atoms with van der Waals surface area (Å²) in [6.07, 6.45) is 0.360. The predicted molar refractivity (Wildman–Crippen MR) is 120 cm³/mol. The normalized spacial score (nSPS) is 15.8. The molecule has 6 nitrogen and oxygen atoms in total. The standard InChI is InChI=1S/C25H22FN3O3/c26-19-11-13-20(14-12-19)27-23(30)17-22-24(31)29(21-9-5-2-6-10-21)25(32)28(22)16-15-18-7-3-1-4-8-18/h1-14,22H,15-17H2,(H,27,30). The van der Waals surface area contributed by atoms with Gasteiger partial charge in [0.25, 0.3) is 5.91 Å². The molecule has 0 aromatic heterocycles. The number of hydrogen-bond acceptors (Lipinski definition) is 3. The summed E-state index contributed by atoms with van der Waals surface area (Å²) in [5.41, 5.74) is 1.91. The molecule has 0 spiro atoms. The van der Waals surface area contributed by atoms with Crippen LogP contribution in [0.3, 0.4) is 0 Å². The van der Waals surface area contributed by atoms with Crippen molar-refractivity contribution in [3.8, 4) is 0 Å². The van der Waals surface area contributed by atoms with Crippen molar-refractivity contribution in [1.82, 2.24) is 4.90 Å². The number of carbonyl (C=O) groups is 3. The van der Waals surface area contributed by atoms with Crippen LogP contribution in [0, 0.1) is 5.82 Å². The Morgan fingerprint density at radius 2 is 1.50 bits per heavy atom. The van der Waals surface area contributed by atoms with Gasteiger partial charge in [-0.3, -0.25) is 9.59 Å². The van der Waals surface area contributed by atoms with E-state index < -0.39 is 29.7 Å². The third-order valence-corrected chi connectivity index (χ3v) is 5.32. The van der Waals surface area contributed by atoms with E-state index in [4.69, 9.17) is 0 Å². The minimum atomic E-state index is -0.924. The van der Waals surface area contributed by atoms with Gasteiger partial charge in [-0.25, -0.2) is 14.1 Å². The maximum atomic E-state index is 13.2. The number of rotatable bonds is 7. The number of nitrogens with one attached hydrogen (secondary N) is 1. The molecule has 4 rings (SSSR count). The van der Waals surface area contributed by atoms with Gasteiger partial charge in [-0.1, -0.05) is 48.5 Å². The number of nitrogens with zero attached hydrogens (tertiary/aromatic N) is 2. The largest absolute Gasteiger partial charge is 0.332 e. The number of hydrogen-bond donors (Lipinski definition) is 1. The Balaban J connectivity index is 1.54. The average Bonchev–Trinajstić information content (AvgIpc) is 3.04. The van der Waals surface area contributed by atoms with E-state index in [1.165, 1.54) is 29.2 Å². The molecular weight excluding hydrogens is 409 g/mol. The molecule has 1 N–H and O–H groups in total. The van der Waals surface area contributed by atoms with Crippen molar-refractivity contribution in [1.29, 1.82) is 0 Å². The average molecular weight is 431 g/mol. The Labute approximate surface area is 185 Å². The third-order valence-electron chi connectivity index (χ3n) is 5.32. The second-order valence-electron chi connectivity index (χ2n) is 7.50. The minimum absolute atomic E-state index is 0.194. The summed E-state index contributed by atoms with van der Waals surface area (Å²) in [7, 11) is 0. The summed E-state index contributed by atoms with van der Waals surface area (Å²) < 4.78 is 13.1. The van der Waals surface area contributed by atoms with E-state index in [-0.39, 0.29) is 6.42 Å². The third kappa shape index (κ3) is 4.67. The van der Waals surface area contributed by atoms with E-state index in [9.17, 15) is 18.8 Å². The zero-order valence-electron chi connectivity index (χ0n) is 17.3. The molecule has 1 saturated heterocycles. The molecule has 1 unspecified atom stereocenters. The van der Waals surface area contributed by atoms with Gasteiger partial charge in [0.15, 0.2) is 0 Å². The molecule has 162 valence electrons. The lowest BCUT2D eigenvalue weighted by Crippen LogP contribution is -2.39. The first-order valence-corrected chi connectivity index (χ1v) is 10.3. The van der Waals surface area contributed by atoms with Crippen LogP contribution in [-0.4, -0.2) is 35.3 Å². The molecule has 3 aromatic carbocycles. The van der Waals surface area contributed by atoms with Crippen molar-refractivity contribution in [3.05, 3.63) is 96.3 Å². The van der Waals surface area contributed by atoms with Gasteiger partial charge in [0.1, 0.15) is 11.9 Å². The van der Waals surface area contributed by atoms with E-state index in [1.54, 1.807) is 30.3 Å². The van der Waals surface area contributed by atoms with E-state index in [0.717, 1.165) is 10.5 Å². The van der Waals surface area contributed by atoms with E-state index in [2.05, 4.69) is 5.32 Å². The van der Waals surface area contributed by atoms with Crippen molar-refractivity contribution >= 4 is 29.2 Å². The smallest absolute Gasteiger partial charge is 0.326 e. The van der Waals surface area contributed by atoms with E-state index >= 15 is 0 Å². The Morgan fingerprint density at radius 1 is 0.875 bits per heavy atom. The Bertz CT molecular complexity index is 1100. The topological polar surface area (TPSA) is 69.7 Å². The number of anilines is 2. The molecule has 0 saturated carbocycles. The van der Waals surface area contributed by atoms with Crippen LogP contribution in [0.2, 0.25) is 0 Å². The molecule has 3 aromatic rings. The van der Waals surface area contributed by atoms with Crippen molar-refractivity contribution in [2.75, 3.05) is 16.8 Å². The highest BCUT2D eigenvalue weighted by atomic mass is 19.1. The molecule has 1 fully saturated rings. The molecule has 1 atom stereocenters. The molecule has 0 bridgehead atoms. The molecular formula is C25H22FN3O3. The van der Waals surface area contributed by atoms with Crippen LogP contribution in [0.5, 0.6) is 0 Å². The van der Waals surface area contributed by atoms with Crippen LogP contribution in [0.25, 0.3) is 0 Å². The molecule has 7 heteroatoms. The lowest BCUT2D eigenvalue weighted by molar-refractivity contribution is -0.124. The summed E-state index contributed by atoms with van der Waals surface area (Å²) in [6.45, 7) is 0.298. The molecule has 0 radical (unpaired) electrons. The van der Waals surface area contributed by atoms with Gasteiger partial charge in [0, 0.05) is 12.2 Å². The molecule has 4 amide bonds. The monoisotopic (exact) mass is 431 g/mol. The fourth-order valence-corrected chi connectivity index (χ4v) is 3.72. The lowest BCUT2D eigenvalue weighted by atomic mass is 10.1. The number of para-hydroxylation sites is 1. The van der Waals surface area contributed by atoms with Gasteiger partial charge in [0.05, 0.1) is 12.1 Å². The number of amides is 4. The number of urea groups is 1. The second-order valence-corrected chi connectivity index (χ2v) is 7.50. The Kier molecular flexibility index (Phi) is 6.26. The Morgan fingerprint density at radius 3 is 2.16 bits per heavy atom. The van der Waals surface area contributed by atoms with Gasteiger partial charge in [-0.05, 0) is 48.4 Å². The quantitative estimate of drug-likeness (QED) is 0.569. The van der Waals surface area contributed by atoms with Gasteiger partial charge in [-0.2, -0.15) is 0 Å². The molecule has 1 heterocycles. The van der Waals surface area contributed by atoms with Gasteiger partial charge >= 0.3 is 6.03 Å². The summed E-state index contributed by atoms with van der Waals surface area (Å²) in [5, 5.41) is 2.67. The lowest BCUT2D eigenvalue weighted by Gasteiger charge is -2.21. The first-order valence-electron chi connectivity index (χ1n) is 10.3. The van der Waals surface area contributed by atoms with Crippen LogP contribution in [0.1, 0.15) is 12.0 Å². The highest BCUT2D eigenvalue weighted by Crippen LogP contribution is 2.27. The van der Waals surface area contributed by atoms with Crippen molar-refractivity contribution < 1.29 is 18.8 Å². The first-order chi connectivity index (χ1) is 15.5. The molecule has 0 aliphatic carbocycles. The highest BCUT2D eigenvalue weighted by molar-refractivity contribution is 6.22. The van der Waals surface area contributed by atoms with E-state index in [1.807, 2.05) is 30.3 Å². The van der Waals surface area contributed by atoms with Crippen LogP contribution in [0.4, 0.5) is 20.6 Å². The maximum absolute atomic E-state index is 13.2. The van der Waals surface area contributed by atoms with Crippen LogP contribution in [-0.2, 0) is 16.0 Å². The second kappa shape index (κ2) is 9.43. The van der Waals surface area contributed by atoms with Gasteiger partial charge in [0.2, 0.25) is 5.91 Å². The predicted octanol–water partition coefficient (Wildman–Crippen LogP) is 4.23. The van der Waals surface area contributed by atoms with E-state index in [0.29, 0.717) is 24.3 Å². The number of imide groups is 1. The van der Waals surface area contributed by atoms with Crippen LogP contribution in [0.15, 0.2) is 84.9 Å². The Hall–Kier alpha value is -4.00.